The van der Waals surface area contributed by atoms with E-state index in [1.165, 1.54) is 22.7 Å². The Morgan fingerprint density at radius 1 is 1.00 bits per heavy atom. The number of rotatable bonds is 7. The van der Waals surface area contributed by atoms with Gasteiger partial charge in [0.2, 0.25) is 5.91 Å². The molecular weight excluding hydrogens is 428 g/mol. The molecule has 0 unspecified atom stereocenters. The highest BCUT2D eigenvalue weighted by atomic mass is 32.1. The van der Waals surface area contributed by atoms with Gasteiger partial charge in [-0.1, -0.05) is 42.5 Å². The molecule has 0 saturated carbocycles. The predicted molar refractivity (Wildman–Crippen MR) is 126 cm³/mol. The van der Waals surface area contributed by atoms with E-state index in [1.54, 1.807) is 16.3 Å². The average Bonchev–Trinajstić information content (AvgIpc) is 3.46. The van der Waals surface area contributed by atoms with E-state index >= 15 is 0 Å². The largest absolute Gasteiger partial charge is 0.375 e. The summed E-state index contributed by atoms with van der Waals surface area (Å²) < 4.78 is 0. The van der Waals surface area contributed by atoms with Crippen LogP contribution in [0.2, 0.25) is 0 Å². The van der Waals surface area contributed by atoms with Crippen LogP contribution in [0.5, 0.6) is 0 Å². The first kappa shape index (κ1) is 20.8. The van der Waals surface area contributed by atoms with Crippen molar-refractivity contribution in [3.8, 4) is 11.3 Å². The fourth-order valence-corrected chi connectivity index (χ4v) is 4.29. The van der Waals surface area contributed by atoms with Crippen LogP contribution in [0.25, 0.3) is 11.3 Å². The van der Waals surface area contributed by atoms with Gasteiger partial charge in [-0.25, -0.2) is 4.98 Å². The van der Waals surface area contributed by atoms with Gasteiger partial charge in [0.05, 0.1) is 11.3 Å². The summed E-state index contributed by atoms with van der Waals surface area (Å²) in [6, 6.07) is 18.8. The fourth-order valence-electron chi connectivity index (χ4n) is 3.09. The highest BCUT2D eigenvalue weighted by Gasteiger charge is 2.20. The van der Waals surface area contributed by atoms with Gasteiger partial charge in [-0.3, -0.25) is 9.59 Å². The van der Waals surface area contributed by atoms with E-state index in [4.69, 9.17) is 5.73 Å². The summed E-state index contributed by atoms with van der Waals surface area (Å²) in [5.41, 5.74) is 9.61. The number of nitrogens with one attached hydrogen (secondary N) is 1. The Balaban J connectivity index is 1.44. The molecule has 8 heteroatoms. The van der Waals surface area contributed by atoms with Crippen molar-refractivity contribution >= 4 is 45.3 Å². The normalized spacial score (nSPS) is 10.6. The van der Waals surface area contributed by atoms with Crippen molar-refractivity contribution in [3.63, 3.8) is 0 Å². The number of benzene rings is 2. The third-order valence-electron chi connectivity index (χ3n) is 4.59. The van der Waals surface area contributed by atoms with E-state index in [2.05, 4.69) is 10.3 Å². The Bertz CT molecular complexity index is 1160. The minimum absolute atomic E-state index is 0.0477. The maximum atomic E-state index is 12.9. The first-order valence-corrected chi connectivity index (χ1v) is 11.4. The topological polar surface area (TPSA) is 88.3 Å². The molecule has 0 atom stereocenters. The summed E-state index contributed by atoms with van der Waals surface area (Å²) in [5, 5.41) is 8.92. The van der Waals surface area contributed by atoms with Crippen LogP contribution in [0.3, 0.4) is 0 Å². The van der Waals surface area contributed by atoms with Gasteiger partial charge in [-0.2, -0.15) is 11.3 Å². The lowest BCUT2D eigenvalue weighted by Gasteiger charge is -2.22. The second kappa shape index (κ2) is 9.55. The molecule has 2 aromatic carbocycles. The molecule has 3 N–H and O–H groups in total. The number of nitrogens with two attached hydrogens (primary N) is 1. The molecule has 2 heterocycles. The van der Waals surface area contributed by atoms with Crippen LogP contribution in [-0.2, 0) is 11.3 Å². The zero-order valence-corrected chi connectivity index (χ0v) is 18.2. The molecule has 4 aromatic rings. The van der Waals surface area contributed by atoms with Crippen molar-refractivity contribution in [1.29, 1.82) is 0 Å². The highest BCUT2D eigenvalue weighted by molar-refractivity contribution is 7.13. The first-order chi connectivity index (χ1) is 15.1. The number of hydrogen-bond donors (Lipinski definition) is 2. The first-order valence-electron chi connectivity index (χ1n) is 9.55. The standard InChI is InChI=1S/C23H20N4O2S2/c24-23-26-20(15-31-23)17-6-8-19(9-7-17)25-21(28)13-27(12-16-4-2-1-3-5-16)22(29)18-10-11-30-14-18/h1-11,14-15H,12-13H2,(H2,24,26)(H,25,28). The number of carbonyl (C=O) groups is 2. The van der Waals surface area contributed by atoms with Gasteiger partial charge in [0.15, 0.2) is 5.13 Å². The van der Waals surface area contributed by atoms with Gasteiger partial charge >= 0.3 is 0 Å². The molecule has 4 rings (SSSR count). The number of nitrogens with zero attached hydrogens (tertiary/aromatic N) is 2. The smallest absolute Gasteiger partial charge is 0.255 e. The van der Waals surface area contributed by atoms with Crippen molar-refractivity contribution in [1.82, 2.24) is 9.88 Å². The van der Waals surface area contributed by atoms with Crippen LogP contribution >= 0.6 is 22.7 Å². The number of aromatic nitrogens is 1. The Morgan fingerprint density at radius 2 is 1.77 bits per heavy atom. The number of carbonyl (C=O) groups excluding carboxylic acids is 2. The summed E-state index contributed by atoms with van der Waals surface area (Å²) in [6.45, 7) is 0.307. The maximum Gasteiger partial charge on any atom is 0.255 e. The van der Waals surface area contributed by atoms with Gasteiger partial charge in [-0.15, -0.1) is 11.3 Å². The molecule has 0 saturated heterocycles. The van der Waals surface area contributed by atoms with E-state index in [1.807, 2.05) is 65.4 Å². The molecule has 31 heavy (non-hydrogen) atoms. The molecule has 0 fully saturated rings. The Hall–Kier alpha value is -3.49. The van der Waals surface area contributed by atoms with Gasteiger partial charge in [0.25, 0.3) is 5.91 Å². The third kappa shape index (κ3) is 5.36. The van der Waals surface area contributed by atoms with Crippen LogP contribution in [0.15, 0.2) is 76.8 Å². The zero-order valence-electron chi connectivity index (χ0n) is 16.5. The van der Waals surface area contributed by atoms with Gasteiger partial charge < -0.3 is 16.0 Å². The lowest BCUT2D eigenvalue weighted by Crippen LogP contribution is -2.37. The lowest BCUT2D eigenvalue weighted by atomic mass is 10.1. The molecule has 0 aliphatic carbocycles. The van der Waals surface area contributed by atoms with E-state index in [9.17, 15) is 9.59 Å². The van der Waals surface area contributed by atoms with Crippen molar-refractivity contribution in [2.45, 2.75) is 6.54 Å². The van der Waals surface area contributed by atoms with Gasteiger partial charge in [0.1, 0.15) is 6.54 Å². The second-order valence-corrected chi connectivity index (χ2v) is 8.53. The van der Waals surface area contributed by atoms with E-state index in [0.717, 1.165) is 16.8 Å². The predicted octanol–water partition coefficient (Wildman–Crippen LogP) is 4.73. The molecule has 0 radical (unpaired) electrons. The number of thiazole rings is 1. The number of nitrogen functional groups attached to an aromatic ring is 1. The zero-order chi connectivity index (χ0) is 21.6. The van der Waals surface area contributed by atoms with Crippen LogP contribution in [0.1, 0.15) is 15.9 Å². The number of thiophene rings is 1. The van der Waals surface area contributed by atoms with E-state index < -0.39 is 0 Å². The van der Waals surface area contributed by atoms with Crippen LogP contribution < -0.4 is 11.1 Å². The fraction of sp³-hybridized carbons (Fsp3) is 0.0870. The minimum Gasteiger partial charge on any atom is -0.375 e. The number of anilines is 2. The summed E-state index contributed by atoms with van der Waals surface area (Å²) >= 11 is 2.84. The highest BCUT2D eigenvalue weighted by Crippen LogP contribution is 2.24. The van der Waals surface area contributed by atoms with Crippen LogP contribution in [0, 0.1) is 0 Å². The monoisotopic (exact) mass is 448 g/mol. The molecule has 6 nitrogen and oxygen atoms in total. The Kier molecular flexibility index (Phi) is 6.40. The third-order valence-corrected chi connectivity index (χ3v) is 5.95. The minimum atomic E-state index is -0.259. The van der Waals surface area contributed by atoms with E-state index in [0.29, 0.717) is 22.9 Å². The summed E-state index contributed by atoms with van der Waals surface area (Å²) in [5.74, 6) is -0.429. The number of amides is 2. The molecule has 0 aliphatic heterocycles. The molecule has 0 aliphatic rings. The summed E-state index contributed by atoms with van der Waals surface area (Å²) in [6.07, 6.45) is 0. The van der Waals surface area contributed by atoms with Crippen molar-refractivity contribution in [3.05, 3.63) is 87.9 Å². The molecular formula is C23H20N4O2S2. The molecule has 2 amide bonds. The molecule has 2 aromatic heterocycles. The molecule has 0 bridgehead atoms. The Labute approximate surface area is 188 Å². The van der Waals surface area contributed by atoms with Crippen molar-refractivity contribution in [2.75, 3.05) is 17.6 Å². The van der Waals surface area contributed by atoms with Gasteiger partial charge in [-0.05, 0) is 29.1 Å². The SMILES string of the molecule is Nc1nc(-c2ccc(NC(=O)CN(Cc3ccccc3)C(=O)c3ccsc3)cc2)cs1. The lowest BCUT2D eigenvalue weighted by molar-refractivity contribution is -0.117. The Morgan fingerprint density at radius 3 is 2.42 bits per heavy atom. The van der Waals surface area contributed by atoms with Gasteiger partial charge in [0, 0.05) is 28.6 Å². The number of hydrogen-bond acceptors (Lipinski definition) is 6. The van der Waals surface area contributed by atoms with Crippen molar-refractivity contribution in [2.24, 2.45) is 0 Å². The van der Waals surface area contributed by atoms with Crippen molar-refractivity contribution < 1.29 is 9.59 Å². The van der Waals surface area contributed by atoms with Crippen LogP contribution in [0.4, 0.5) is 10.8 Å². The molecule has 156 valence electrons. The van der Waals surface area contributed by atoms with Crippen LogP contribution in [-0.4, -0.2) is 28.2 Å². The summed E-state index contributed by atoms with van der Waals surface area (Å²) in [4.78, 5) is 31.5. The quantitative estimate of drug-likeness (QED) is 0.428. The second-order valence-electron chi connectivity index (χ2n) is 6.86. The maximum absolute atomic E-state index is 12.9. The van der Waals surface area contributed by atoms with E-state index in [-0.39, 0.29) is 18.4 Å². The average molecular weight is 449 g/mol. The summed E-state index contributed by atoms with van der Waals surface area (Å²) in [7, 11) is 0. The molecule has 0 spiro atoms.